The zero-order valence-electron chi connectivity index (χ0n) is 28.6. The van der Waals surface area contributed by atoms with Gasteiger partial charge in [-0.3, -0.25) is 19.2 Å². The minimum absolute atomic E-state index is 0.296. The molecule has 0 aliphatic heterocycles. The van der Waals surface area contributed by atoms with Crippen molar-refractivity contribution < 1.29 is 38.1 Å². The minimum atomic E-state index is -2.54. The van der Waals surface area contributed by atoms with E-state index >= 15 is 0 Å². The van der Waals surface area contributed by atoms with Crippen LogP contribution in [0, 0.1) is 5.41 Å². The molecule has 4 aliphatic rings. The average Bonchev–Trinajstić information content (AvgIpc) is 2.97. The molecule has 4 aliphatic carbocycles. The van der Waals surface area contributed by atoms with Gasteiger partial charge in [-0.2, -0.15) is 0 Å². The Labute approximate surface area is 277 Å². The van der Waals surface area contributed by atoms with Crippen molar-refractivity contribution in [1.82, 2.24) is 0 Å². The Morgan fingerprint density at radius 1 is 0.348 bits per heavy atom. The van der Waals surface area contributed by atoms with Gasteiger partial charge in [0.1, 0.15) is 24.4 Å². The van der Waals surface area contributed by atoms with Crippen LogP contribution in [-0.2, 0) is 38.1 Å². The molecule has 0 amide bonds. The topological polar surface area (TPSA) is 105 Å². The normalized spacial score (nSPS) is 23.0. The molecule has 4 rings (SSSR count). The summed E-state index contributed by atoms with van der Waals surface area (Å²) in [5.41, 5.74) is -2.54. The molecule has 0 aromatic carbocycles. The van der Waals surface area contributed by atoms with Crippen LogP contribution in [0.2, 0.25) is 0 Å². The molecular weight excluding hydrogens is 584 g/mol. The largest absolute Gasteiger partial charge is 0.462 e. The van der Waals surface area contributed by atoms with E-state index in [2.05, 4.69) is 0 Å². The summed E-state index contributed by atoms with van der Waals surface area (Å²) in [6.45, 7) is 0. The molecule has 46 heavy (non-hydrogen) atoms. The van der Waals surface area contributed by atoms with E-state index in [0.29, 0.717) is 38.5 Å². The third-order valence-electron chi connectivity index (χ3n) is 10.8. The fraction of sp³-hybridized carbons (Fsp3) is 0.895. The van der Waals surface area contributed by atoms with Crippen LogP contribution in [0.1, 0.15) is 186 Å². The van der Waals surface area contributed by atoms with Gasteiger partial charge < -0.3 is 18.9 Å². The molecular formula is C38H62O8. The van der Waals surface area contributed by atoms with E-state index in [9.17, 15) is 19.2 Å². The highest BCUT2D eigenvalue weighted by molar-refractivity contribution is 6.20. The van der Waals surface area contributed by atoms with E-state index in [0.717, 1.165) is 135 Å². The molecule has 0 N–H and O–H groups in total. The lowest BCUT2D eigenvalue weighted by Gasteiger charge is -2.33. The van der Waals surface area contributed by atoms with E-state index in [1.807, 2.05) is 0 Å². The molecule has 0 saturated heterocycles. The van der Waals surface area contributed by atoms with Crippen LogP contribution in [0.3, 0.4) is 0 Å². The monoisotopic (exact) mass is 646 g/mol. The van der Waals surface area contributed by atoms with E-state index < -0.39 is 54.0 Å². The predicted octanol–water partition coefficient (Wildman–Crippen LogP) is 8.99. The van der Waals surface area contributed by atoms with E-state index in [4.69, 9.17) is 18.9 Å². The average molecular weight is 647 g/mol. The maximum atomic E-state index is 14.4. The number of hydrogen-bond donors (Lipinski definition) is 0. The standard InChI is InChI=1S/C38H62O8/c39-34(43-30-21-13-5-1-6-14-22-30)29-38(35(40)44-31-23-15-7-2-8-16-24-31,36(41)45-32-25-17-9-3-10-18-26-32)37(42)46-33-27-19-11-4-12-20-28-33/h30-33H,1-29H2. The van der Waals surface area contributed by atoms with Crippen LogP contribution < -0.4 is 0 Å². The van der Waals surface area contributed by atoms with Gasteiger partial charge in [-0.15, -0.1) is 0 Å². The second-order valence-corrected chi connectivity index (χ2v) is 14.7. The summed E-state index contributed by atoms with van der Waals surface area (Å²) in [5.74, 6) is -3.73. The first-order valence-electron chi connectivity index (χ1n) is 19.3. The van der Waals surface area contributed by atoms with Gasteiger partial charge in [0.15, 0.2) is 0 Å². The third-order valence-corrected chi connectivity index (χ3v) is 10.8. The van der Waals surface area contributed by atoms with Crippen LogP contribution in [-0.4, -0.2) is 48.3 Å². The van der Waals surface area contributed by atoms with E-state index in [1.165, 1.54) is 6.42 Å². The molecule has 0 atom stereocenters. The molecule has 4 fully saturated rings. The molecule has 0 spiro atoms. The Morgan fingerprint density at radius 3 is 0.826 bits per heavy atom. The fourth-order valence-electron chi connectivity index (χ4n) is 7.81. The number of rotatable bonds is 9. The minimum Gasteiger partial charge on any atom is -0.462 e. The van der Waals surface area contributed by atoms with Gasteiger partial charge in [0, 0.05) is 0 Å². The van der Waals surface area contributed by atoms with Crippen molar-refractivity contribution in [3.63, 3.8) is 0 Å². The van der Waals surface area contributed by atoms with Gasteiger partial charge in [-0.25, -0.2) is 0 Å². The lowest BCUT2D eigenvalue weighted by Crippen LogP contribution is -2.53. The quantitative estimate of drug-likeness (QED) is 0.139. The molecule has 262 valence electrons. The molecule has 0 aromatic rings. The summed E-state index contributed by atoms with van der Waals surface area (Å²) in [7, 11) is 0. The van der Waals surface area contributed by atoms with E-state index in [-0.39, 0.29) is 6.10 Å². The van der Waals surface area contributed by atoms with Gasteiger partial charge in [-0.05, 0) is 103 Å². The van der Waals surface area contributed by atoms with Gasteiger partial charge in [-0.1, -0.05) is 77.0 Å². The Hall–Kier alpha value is -2.12. The van der Waals surface area contributed by atoms with Crippen LogP contribution in [0.5, 0.6) is 0 Å². The zero-order chi connectivity index (χ0) is 32.5. The predicted molar refractivity (Wildman–Crippen MR) is 176 cm³/mol. The van der Waals surface area contributed by atoms with Crippen molar-refractivity contribution in [3.05, 3.63) is 0 Å². The maximum Gasteiger partial charge on any atom is 0.336 e. The molecule has 8 nitrogen and oxygen atoms in total. The highest BCUT2D eigenvalue weighted by Gasteiger charge is 2.60. The maximum absolute atomic E-state index is 14.4. The summed E-state index contributed by atoms with van der Waals surface area (Å²) in [5, 5.41) is 0. The van der Waals surface area contributed by atoms with Crippen LogP contribution >= 0.6 is 0 Å². The number of hydrogen-bond acceptors (Lipinski definition) is 8. The highest BCUT2D eigenvalue weighted by atomic mass is 16.6. The Balaban J connectivity index is 1.63. The second-order valence-electron chi connectivity index (χ2n) is 14.7. The molecule has 0 aromatic heterocycles. The van der Waals surface area contributed by atoms with Crippen molar-refractivity contribution in [1.29, 1.82) is 0 Å². The number of ether oxygens (including phenoxy) is 4. The Morgan fingerprint density at radius 2 is 0.565 bits per heavy atom. The second kappa shape index (κ2) is 20.3. The highest BCUT2D eigenvalue weighted by Crippen LogP contribution is 2.36. The first-order chi connectivity index (χ1) is 22.5. The summed E-state index contributed by atoms with van der Waals surface area (Å²) in [4.78, 5) is 57.1. The Kier molecular flexibility index (Phi) is 16.2. The van der Waals surface area contributed by atoms with Crippen molar-refractivity contribution in [2.45, 2.75) is 211 Å². The lowest BCUT2D eigenvalue weighted by atomic mass is 9.83. The molecule has 0 heterocycles. The van der Waals surface area contributed by atoms with Crippen LogP contribution in [0.4, 0.5) is 0 Å². The third kappa shape index (κ3) is 11.8. The summed E-state index contributed by atoms with van der Waals surface area (Å²) in [6.07, 6.45) is 23.7. The molecule has 0 bridgehead atoms. The van der Waals surface area contributed by atoms with Gasteiger partial charge in [0.2, 0.25) is 0 Å². The van der Waals surface area contributed by atoms with Crippen molar-refractivity contribution in [2.75, 3.05) is 0 Å². The summed E-state index contributed by atoms with van der Waals surface area (Å²) in [6, 6.07) is 0. The molecule has 8 heteroatoms. The van der Waals surface area contributed by atoms with E-state index in [1.54, 1.807) is 0 Å². The lowest BCUT2D eigenvalue weighted by molar-refractivity contribution is -0.196. The Bertz CT molecular complexity index is 827. The number of carbonyl (C=O) groups is 4. The summed E-state index contributed by atoms with van der Waals surface area (Å²) < 4.78 is 24.2. The first-order valence-corrected chi connectivity index (χ1v) is 19.3. The smallest absolute Gasteiger partial charge is 0.336 e. The zero-order valence-corrected chi connectivity index (χ0v) is 28.6. The number of esters is 4. The van der Waals surface area contributed by atoms with Crippen LogP contribution in [0.15, 0.2) is 0 Å². The SMILES string of the molecule is O=C(CC(C(=O)OC1CCCCCCC1)(C(=O)OC1CCCCCCC1)C(=O)OC1CCCCCCC1)OC1CCCCCCC1. The van der Waals surface area contributed by atoms with Gasteiger partial charge in [0.05, 0.1) is 6.42 Å². The fourth-order valence-corrected chi connectivity index (χ4v) is 7.81. The van der Waals surface area contributed by atoms with Crippen molar-refractivity contribution in [2.24, 2.45) is 5.41 Å². The van der Waals surface area contributed by atoms with Crippen molar-refractivity contribution >= 4 is 23.9 Å². The molecule has 4 saturated carbocycles. The van der Waals surface area contributed by atoms with Gasteiger partial charge in [0.25, 0.3) is 5.41 Å². The molecule has 0 radical (unpaired) electrons. The van der Waals surface area contributed by atoms with Crippen LogP contribution in [0.25, 0.3) is 0 Å². The van der Waals surface area contributed by atoms with Crippen molar-refractivity contribution in [3.8, 4) is 0 Å². The van der Waals surface area contributed by atoms with Gasteiger partial charge >= 0.3 is 23.9 Å². The summed E-state index contributed by atoms with van der Waals surface area (Å²) >= 11 is 0. The number of carbonyl (C=O) groups excluding carboxylic acids is 4. The first kappa shape index (κ1) is 36.7. The molecule has 0 unspecified atom stereocenters.